The third-order valence-corrected chi connectivity index (χ3v) is 5.46. The molecule has 0 aliphatic rings. The molecule has 0 aliphatic carbocycles. The van der Waals surface area contributed by atoms with E-state index in [4.69, 9.17) is 20.8 Å². The number of rotatable bonds is 9. The summed E-state index contributed by atoms with van der Waals surface area (Å²) >= 11 is 6.25. The zero-order valence-corrected chi connectivity index (χ0v) is 19.0. The van der Waals surface area contributed by atoms with Gasteiger partial charge in [0.25, 0.3) is 5.91 Å². The van der Waals surface area contributed by atoms with Crippen molar-refractivity contribution in [1.29, 1.82) is 0 Å². The van der Waals surface area contributed by atoms with E-state index in [1.807, 2.05) is 61.5 Å². The molecule has 0 radical (unpaired) electrons. The van der Waals surface area contributed by atoms with E-state index in [1.165, 1.54) is 0 Å². The van der Waals surface area contributed by atoms with Crippen molar-refractivity contribution in [3.05, 3.63) is 113 Å². The number of benzene rings is 2. The number of carbonyl (C=O) groups excluding carboxylic acids is 1. The molecule has 0 aliphatic heterocycles. The van der Waals surface area contributed by atoms with E-state index in [-0.39, 0.29) is 18.3 Å². The zero-order chi connectivity index (χ0) is 23.2. The van der Waals surface area contributed by atoms with E-state index in [0.29, 0.717) is 29.6 Å². The summed E-state index contributed by atoms with van der Waals surface area (Å²) in [6, 6.07) is 20.5. The number of carbonyl (C=O) groups is 1. The number of furan rings is 1. The third-order valence-electron chi connectivity index (χ3n) is 5.09. The number of ether oxygens (including phenoxy) is 1. The third kappa shape index (κ3) is 5.54. The number of halogens is 1. The number of amides is 1. The van der Waals surface area contributed by atoms with Crippen LogP contribution in [0.3, 0.4) is 0 Å². The molecule has 0 atom stereocenters. The van der Waals surface area contributed by atoms with Crippen molar-refractivity contribution < 1.29 is 13.9 Å². The number of allylic oxidation sites excluding steroid dienone is 1. The van der Waals surface area contributed by atoms with Crippen LogP contribution in [0.4, 0.5) is 5.82 Å². The van der Waals surface area contributed by atoms with Gasteiger partial charge in [-0.2, -0.15) is 5.10 Å². The fourth-order valence-electron chi connectivity index (χ4n) is 3.39. The fraction of sp³-hybridized carbons (Fsp3) is 0.154. The number of hydrogen-bond acceptors (Lipinski definition) is 4. The second kappa shape index (κ2) is 10.2. The Kier molecular flexibility index (Phi) is 6.95. The molecule has 0 saturated heterocycles. The van der Waals surface area contributed by atoms with Gasteiger partial charge in [-0.3, -0.25) is 9.48 Å². The highest BCUT2D eigenvalue weighted by Gasteiger charge is 2.15. The molecule has 0 bridgehead atoms. The molecule has 0 fully saturated rings. The molecule has 2 aromatic heterocycles. The highest BCUT2D eigenvalue weighted by atomic mass is 35.5. The highest BCUT2D eigenvalue weighted by molar-refractivity contribution is 6.31. The lowest BCUT2D eigenvalue weighted by Crippen LogP contribution is -2.12. The first-order chi connectivity index (χ1) is 16.0. The van der Waals surface area contributed by atoms with E-state index >= 15 is 0 Å². The molecule has 0 spiro atoms. The van der Waals surface area contributed by atoms with Gasteiger partial charge in [0.2, 0.25) is 0 Å². The lowest BCUT2D eigenvalue weighted by molar-refractivity contribution is 0.0992. The maximum absolute atomic E-state index is 12.6. The molecule has 1 amide bonds. The molecule has 0 saturated carbocycles. The van der Waals surface area contributed by atoms with Crippen LogP contribution in [-0.2, 0) is 19.6 Å². The van der Waals surface area contributed by atoms with Crippen LogP contribution >= 0.6 is 11.6 Å². The van der Waals surface area contributed by atoms with Crippen LogP contribution in [0.5, 0.6) is 5.75 Å². The lowest BCUT2D eigenvalue weighted by Gasteiger charge is -2.08. The largest absolute Gasteiger partial charge is 0.485 e. The molecule has 0 unspecified atom stereocenters. The molecular weight excluding hydrogens is 438 g/mol. The van der Waals surface area contributed by atoms with Crippen LogP contribution in [0, 0.1) is 6.92 Å². The minimum atomic E-state index is -0.379. The number of para-hydroxylation sites is 1. The molecular formula is C26H24ClN3O3. The summed E-state index contributed by atoms with van der Waals surface area (Å²) in [5.74, 6) is 1.56. The first kappa shape index (κ1) is 22.4. The normalized spacial score (nSPS) is 10.7. The Labute approximate surface area is 197 Å². The summed E-state index contributed by atoms with van der Waals surface area (Å²) in [4.78, 5) is 12.6. The summed E-state index contributed by atoms with van der Waals surface area (Å²) < 4.78 is 13.3. The predicted molar refractivity (Wildman–Crippen MR) is 129 cm³/mol. The van der Waals surface area contributed by atoms with Gasteiger partial charge in [0, 0.05) is 16.8 Å². The van der Waals surface area contributed by atoms with Crippen LogP contribution in [0.1, 0.15) is 33.1 Å². The van der Waals surface area contributed by atoms with Crippen molar-refractivity contribution in [2.24, 2.45) is 0 Å². The molecule has 1 N–H and O–H groups in total. The van der Waals surface area contributed by atoms with Crippen molar-refractivity contribution >= 4 is 23.3 Å². The molecule has 7 heteroatoms. The van der Waals surface area contributed by atoms with E-state index < -0.39 is 0 Å². The summed E-state index contributed by atoms with van der Waals surface area (Å²) in [6.07, 6.45) is 2.54. The molecule has 2 aromatic carbocycles. The van der Waals surface area contributed by atoms with E-state index in [0.717, 1.165) is 22.6 Å². The fourth-order valence-corrected chi connectivity index (χ4v) is 3.59. The highest BCUT2D eigenvalue weighted by Crippen LogP contribution is 2.22. The van der Waals surface area contributed by atoms with Crippen LogP contribution in [0.2, 0.25) is 5.02 Å². The number of aryl methyl sites for hydroxylation is 1. The Morgan fingerprint density at radius 2 is 1.91 bits per heavy atom. The maximum atomic E-state index is 12.6. The number of nitrogens with one attached hydrogen (secondary N) is 1. The monoisotopic (exact) mass is 461 g/mol. The van der Waals surface area contributed by atoms with Crippen LogP contribution in [0.25, 0.3) is 0 Å². The van der Waals surface area contributed by atoms with Gasteiger partial charge in [-0.05, 0) is 48.7 Å². The minimum absolute atomic E-state index is 0.186. The Bertz CT molecular complexity index is 1280. The Morgan fingerprint density at radius 3 is 2.70 bits per heavy atom. The van der Waals surface area contributed by atoms with Crippen molar-refractivity contribution in [1.82, 2.24) is 9.78 Å². The van der Waals surface area contributed by atoms with Crippen molar-refractivity contribution in [3.63, 3.8) is 0 Å². The molecule has 168 valence electrons. The van der Waals surface area contributed by atoms with Gasteiger partial charge in [0.15, 0.2) is 11.6 Å². The Balaban J connectivity index is 1.38. The van der Waals surface area contributed by atoms with Gasteiger partial charge in [0.05, 0.1) is 6.54 Å². The van der Waals surface area contributed by atoms with Gasteiger partial charge in [-0.1, -0.05) is 54.1 Å². The van der Waals surface area contributed by atoms with E-state index in [2.05, 4.69) is 17.0 Å². The summed E-state index contributed by atoms with van der Waals surface area (Å²) in [5.41, 5.74) is 2.89. The number of anilines is 1. The first-order valence-corrected chi connectivity index (χ1v) is 10.9. The number of aromatic nitrogens is 2. The molecule has 4 aromatic rings. The average Bonchev–Trinajstić information content (AvgIpc) is 3.41. The maximum Gasteiger partial charge on any atom is 0.292 e. The minimum Gasteiger partial charge on any atom is -0.485 e. The van der Waals surface area contributed by atoms with Gasteiger partial charge in [-0.15, -0.1) is 6.58 Å². The summed E-state index contributed by atoms with van der Waals surface area (Å²) in [7, 11) is 0. The van der Waals surface area contributed by atoms with Crippen molar-refractivity contribution in [2.45, 2.75) is 26.5 Å². The molecule has 33 heavy (non-hydrogen) atoms. The molecule has 2 heterocycles. The predicted octanol–water partition coefficient (Wildman–Crippen LogP) is 6.05. The smallest absolute Gasteiger partial charge is 0.292 e. The summed E-state index contributed by atoms with van der Waals surface area (Å²) in [6.45, 7) is 6.42. The standard InChI is InChI=1S/C26H24ClN3O3/c1-3-8-19-9-5-7-12-23(19)32-17-21-13-14-24(33-21)26(31)28-25-15-18(2)30(29-25)16-20-10-4-6-11-22(20)27/h3-7,9-15H,1,8,16-17H2,2H3,(H,28,29,31). The summed E-state index contributed by atoms with van der Waals surface area (Å²) in [5, 5.41) is 7.93. The quantitative estimate of drug-likeness (QED) is 0.308. The number of nitrogens with zero attached hydrogens (tertiary/aromatic N) is 2. The van der Waals surface area contributed by atoms with Crippen molar-refractivity contribution in [3.8, 4) is 5.75 Å². The first-order valence-electron chi connectivity index (χ1n) is 10.5. The molecule has 6 nitrogen and oxygen atoms in total. The molecule has 4 rings (SSSR count). The van der Waals surface area contributed by atoms with E-state index in [9.17, 15) is 4.79 Å². The zero-order valence-electron chi connectivity index (χ0n) is 18.3. The van der Waals surface area contributed by atoms with Gasteiger partial charge in [0.1, 0.15) is 18.1 Å². The van der Waals surface area contributed by atoms with Gasteiger partial charge < -0.3 is 14.5 Å². The lowest BCUT2D eigenvalue weighted by atomic mass is 10.1. The van der Waals surface area contributed by atoms with Crippen LogP contribution < -0.4 is 10.1 Å². The Morgan fingerprint density at radius 1 is 1.15 bits per heavy atom. The second-order valence-electron chi connectivity index (χ2n) is 7.53. The second-order valence-corrected chi connectivity index (χ2v) is 7.94. The number of hydrogen-bond donors (Lipinski definition) is 1. The van der Waals surface area contributed by atoms with Crippen LogP contribution in [-0.4, -0.2) is 15.7 Å². The van der Waals surface area contributed by atoms with E-state index in [1.54, 1.807) is 22.9 Å². The van der Waals surface area contributed by atoms with Gasteiger partial charge in [-0.25, -0.2) is 0 Å². The topological polar surface area (TPSA) is 69.3 Å². The van der Waals surface area contributed by atoms with Gasteiger partial charge >= 0.3 is 0 Å². The Hall–Kier alpha value is -3.77. The average molecular weight is 462 g/mol. The van der Waals surface area contributed by atoms with Crippen LogP contribution in [0.15, 0.2) is 83.8 Å². The SMILES string of the molecule is C=CCc1ccccc1OCc1ccc(C(=O)Nc2cc(C)n(Cc3ccccc3Cl)n2)o1. The van der Waals surface area contributed by atoms with Crippen molar-refractivity contribution in [2.75, 3.05) is 5.32 Å².